The van der Waals surface area contributed by atoms with E-state index in [9.17, 15) is 13.2 Å². The molecule has 0 aliphatic rings. The fraction of sp³-hybridized carbons (Fsp3) is 0.417. The fourth-order valence-corrected chi connectivity index (χ4v) is 2.35. The monoisotopic (exact) mass is 302 g/mol. The minimum atomic E-state index is -3.91. The highest BCUT2D eigenvalue weighted by Crippen LogP contribution is 2.26. The number of primary sulfonamides is 1. The molecule has 20 heavy (non-hydrogen) atoms. The third-order valence-corrected chi connectivity index (χ3v) is 3.54. The second-order valence-electron chi connectivity index (χ2n) is 4.04. The molecule has 0 unspecified atom stereocenters. The van der Waals surface area contributed by atoms with E-state index >= 15 is 0 Å². The second-order valence-corrected chi connectivity index (χ2v) is 5.57. The molecular formula is C12H18N2O5S. The molecule has 0 saturated carbocycles. The van der Waals surface area contributed by atoms with Crippen LogP contribution in [0.1, 0.15) is 25.5 Å². The van der Waals surface area contributed by atoms with E-state index in [1.54, 1.807) is 19.9 Å². The van der Waals surface area contributed by atoms with E-state index in [0.29, 0.717) is 5.56 Å². The number of carbonyl (C=O) groups excluding carboxylic acids is 1. The molecular weight excluding hydrogens is 284 g/mol. The Morgan fingerprint density at radius 3 is 2.60 bits per heavy atom. The van der Waals surface area contributed by atoms with Crippen molar-refractivity contribution in [2.75, 3.05) is 13.7 Å². The Labute approximate surface area is 118 Å². The summed E-state index contributed by atoms with van der Waals surface area (Å²) in [6.45, 7) is 3.64. The quantitative estimate of drug-likeness (QED) is 0.848. The Kier molecular flexibility index (Phi) is 5.34. The van der Waals surface area contributed by atoms with Gasteiger partial charge >= 0.3 is 6.09 Å². The van der Waals surface area contributed by atoms with Crippen molar-refractivity contribution in [3.63, 3.8) is 0 Å². The number of carbonyl (C=O) groups is 1. The first-order valence-corrected chi connectivity index (χ1v) is 7.48. The van der Waals surface area contributed by atoms with Gasteiger partial charge in [0.05, 0.1) is 19.8 Å². The highest BCUT2D eigenvalue weighted by atomic mass is 32.2. The van der Waals surface area contributed by atoms with Crippen LogP contribution in [0.4, 0.5) is 4.79 Å². The lowest BCUT2D eigenvalue weighted by molar-refractivity contribution is 0.149. The van der Waals surface area contributed by atoms with Gasteiger partial charge in [0, 0.05) is 0 Å². The second kappa shape index (κ2) is 6.58. The molecule has 0 heterocycles. The largest absolute Gasteiger partial charge is 0.495 e. The number of amides is 1. The molecule has 112 valence electrons. The molecule has 0 aromatic heterocycles. The summed E-state index contributed by atoms with van der Waals surface area (Å²) in [6, 6.07) is 4.06. The minimum Gasteiger partial charge on any atom is -0.495 e. The van der Waals surface area contributed by atoms with Gasteiger partial charge in [0.15, 0.2) is 0 Å². The van der Waals surface area contributed by atoms with E-state index in [4.69, 9.17) is 14.6 Å². The normalized spacial score (nSPS) is 12.6. The van der Waals surface area contributed by atoms with Gasteiger partial charge in [0.2, 0.25) is 10.0 Å². The molecule has 0 spiro atoms. The molecule has 0 fully saturated rings. The molecule has 1 amide bonds. The van der Waals surface area contributed by atoms with Crippen LogP contribution in [0.3, 0.4) is 0 Å². The maximum atomic E-state index is 11.5. The first-order valence-electron chi connectivity index (χ1n) is 5.93. The summed E-state index contributed by atoms with van der Waals surface area (Å²) in [5, 5.41) is 7.71. The average Bonchev–Trinajstić information content (AvgIpc) is 2.37. The Balaban J connectivity index is 3.06. The lowest BCUT2D eigenvalue weighted by Gasteiger charge is -2.16. The van der Waals surface area contributed by atoms with Gasteiger partial charge in [0.25, 0.3) is 0 Å². The summed E-state index contributed by atoms with van der Waals surface area (Å²) in [4.78, 5) is 11.2. The van der Waals surface area contributed by atoms with Crippen LogP contribution in [0, 0.1) is 0 Å². The summed E-state index contributed by atoms with van der Waals surface area (Å²) in [5.41, 5.74) is 0.572. The van der Waals surface area contributed by atoms with Gasteiger partial charge in [-0.2, -0.15) is 0 Å². The maximum absolute atomic E-state index is 11.5. The summed E-state index contributed by atoms with van der Waals surface area (Å²) < 4.78 is 32.7. The van der Waals surface area contributed by atoms with E-state index in [2.05, 4.69) is 5.32 Å². The topological polar surface area (TPSA) is 108 Å². The van der Waals surface area contributed by atoms with Crippen molar-refractivity contribution in [2.24, 2.45) is 5.14 Å². The molecule has 1 rings (SSSR count). The highest BCUT2D eigenvalue weighted by molar-refractivity contribution is 7.89. The van der Waals surface area contributed by atoms with Crippen LogP contribution < -0.4 is 15.2 Å². The predicted molar refractivity (Wildman–Crippen MR) is 72.9 cm³/mol. The van der Waals surface area contributed by atoms with Crippen LogP contribution in [0.5, 0.6) is 5.75 Å². The van der Waals surface area contributed by atoms with Gasteiger partial charge in [-0.15, -0.1) is 0 Å². The van der Waals surface area contributed by atoms with E-state index in [1.165, 1.54) is 19.2 Å². The number of hydrogen-bond donors (Lipinski definition) is 2. The Hall–Kier alpha value is -1.80. The number of nitrogens with one attached hydrogen (secondary N) is 1. The average molecular weight is 302 g/mol. The SMILES string of the molecule is CCOC(=O)N[C@@H](C)c1ccc(OC)c(S(N)(=O)=O)c1. The van der Waals surface area contributed by atoms with Crippen molar-refractivity contribution < 1.29 is 22.7 Å². The van der Waals surface area contributed by atoms with Crippen LogP contribution in [-0.4, -0.2) is 28.2 Å². The van der Waals surface area contributed by atoms with E-state index in [0.717, 1.165) is 0 Å². The molecule has 3 N–H and O–H groups in total. The van der Waals surface area contributed by atoms with E-state index < -0.39 is 22.2 Å². The van der Waals surface area contributed by atoms with Crippen molar-refractivity contribution in [3.8, 4) is 5.75 Å². The van der Waals surface area contributed by atoms with Crippen LogP contribution in [0.2, 0.25) is 0 Å². The molecule has 7 nitrogen and oxygen atoms in total. The molecule has 0 aliphatic carbocycles. The maximum Gasteiger partial charge on any atom is 0.407 e. The van der Waals surface area contributed by atoms with Gasteiger partial charge in [-0.1, -0.05) is 6.07 Å². The van der Waals surface area contributed by atoms with Gasteiger partial charge in [0.1, 0.15) is 10.6 Å². The predicted octanol–water partition coefficient (Wildman–Crippen LogP) is 1.15. The van der Waals surface area contributed by atoms with Crippen LogP contribution in [0.25, 0.3) is 0 Å². The van der Waals surface area contributed by atoms with Gasteiger partial charge in [-0.05, 0) is 31.5 Å². The lowest BCUT2D eigenvalue weighted by Crippen LogP contribution is -2.27. The lowest BCUT2D eigenvalue weighted by atomic mass is 10.1. The van der Waals surface area contributed by atoms with Crippen molar-refractivity contribution in [1.82, 2.24) is 5.32 Å². The third kappa shape index (κ3) is 4.10. The summed E-state index contributed by atoms with van der Waals surface area (Å²) >= 11 is 0. The van der Waals surface area contributed by atoms with Gasteiger partial charge in [-0.3, -0.25) is 0 Å². The number of alkyl carbamates (subject to hydrolysis) is 1. The molecule has 0 bridgehead atoms. The molecule has 1 aromatic rings. The highest BCUT2D eigenvalue weighted by Gasteiger charge is 2.18. The Morgan fingerprint density at radius 1 is 1.45 bits per heavy atom. The molecule has 1 atom stereocenters. The number of nitrogens with two attached hydrogens (primary N) is 1. The number of hydrogen-bond acceptors (Lipinski definition) is 5. The molecule has 0 radical (unpaired) electrons. The number of methoxy groups -OCH3 is 1. The first kappa shape index (κ1) is 16.3. The standard InChI is InChI=1S/C12H18N2O5S/c1-4-19-12(15)14-8(2)9-5-6-10(18-3)11(7-9)20(13,16)17/h5-8H,4H2,1-3H3,(H,14,15)(H2,13,16,17)/t8-/m0/s1. The fourth-order valence-electron chi connectivity index (χ4n) is 1.62. The van der Waals surface area contributed by atoms with Crippen LogP contribution in [-0.2, 0) is 14.8 Å². The van der Waals surface area contributed by atoms with Crippen molar-refractivity contribution >= 4 is 16.1 Å². The third-order valence-electron chi connectivity index (χ3n) is 2.60. The van der Waals surface area contributed by atoms with Gasteiger partial charge in [-0.25, -0.2) is 18.4 Å². The molecule has 0 saturated heterocycles. The molecule has 8 heteroatoms. The van der Waals surface area contributed by atoms with Crippen molar-refractivity contribution in [1.29, 1.82) is 0 Å². The minimum absolute atomic E-state index is 0.130. The number of rotatable bonds is 5. The smallest absolute Gasteiger partial charge is 0.407 e. The summed E-state index contributed by atoms with van der Waals surface area (Å²) in [6.07, 6.45) is -0.576. The summed E-state index contributed by atoms with van der Waals surface area (Å²) in [7, 11) is -2.56. The first-order chi connectivity index (χ1) is 9.29. The van der Waals surface area contributed by atoms with E-state index in [-0.39, 0.29) is 17.3 Å². The Morgan fingerprint density at radius 2 is 2.10 bits per heavy atom. The van der Waals surface area contributed by atoms with Crippen LogP contribution >= 0.6 is 0 Å². The van der Waals surface area contributed by atoms with Gasteiger partial charge < -0.3 is 14.8 Å². The van der Waals surface area contributed by atoms with E-state index in [1.807, 2.05) is 0 Å². The zero-order chi connectivity index (χ0) is 15.3. The van der Waals surface area contributed by atoms with Crippen LogP contribution in [0.15, 0.2) is 23.1 Å². The number of sulfonamides is 1. The zero-order valence-corrected chi connectivity index (χ0v) is 12.4. The van der Waals surface area contributed by atoms with Crippen molar-refractivity contribution in [2.45, 2.75) is 24.8 Å². The zero-order valence-electron chi connectivity index (χ0n) is 11.5. The van der Waals surface area contributed by atoms with Crippen molar-refractivity contribution in [3.05, 3.63) is 23.8 Å². The molecule has 0 aliphatic heterocycles. The Bertz CT molecular complexity index is 586. The molecule has 1 aromatic carbocycles. The number of benzene rings is 1. The number of ether oxygens (including phenoxy) is 2. The summed E-state index contributed by atoms with van der Waals surface area (Å²) in [5.74, 6) is 0.152.